The van der Waals surface area contributed by atoms with Gasteiger partial charge in [0.15, 0.2) is 29.1 Å². The number of para-hydroxylation sites is 1. The minimum absolute atomic E-state index is 0.0679. The highest BCUT2D eigenvalue weighted by atomic mass is 35.5. The van der Waals surface area contributed by atoms with Gasteiger partial charge in [0.05, 0.1) is 89.2 Å². The number of aryl methyl sites for hydroxylation is 2. The third-order valence-electron chi connectivity index (χ3n) is 20.3. The number of methoxy groups -OCH3 is 2. The molecule has 0 saturated carbocycles. The molecule has 13 aromatic heterocycles. The number of halogens is 2. The Morgan fingerprint density at radius 2 is 0.811 bits per heavy atom. The average molecular weight is 1800 g/mol. The van der Waals surface area contributed by atoms with Crippen LogP contribution < -0.4 is 58.5 Å². The number of anilines is 4. The van der Waals surface area contributed by atoms with Gasteiger partial charge in [-0.3, -0.25) is 54.4 Å². The molecule has 0 aliphatic carbocycles. The van der Waals surface area contributed by atoms with Crippen LogP contribution in [-0.2, 0) is 38.1 Å². The van der Waals surface area contributed by atoms with E-state index in [1.165, 1.54) is 65.2 Å². The Labute approximate surface area is 746 Å². The number of fused-ring (bicyclic) bond motifs is 5. The molecule has 19 aromatic rings. The molecule has 1 saturated heterocycles. The SMILES string of the molecule is COc1ccc(Cl)cc1NCc1cc(=O)n2[nH]c(-c3ccc(C(C)(C)C)cc3)nc2n1.COc1cccc(NCc2cc(=O)n3[nH]c(-c4cccs4)nc3n2)c1.Cc1ccccc1NCc1cc(=O)n2[nH]c(-c3ccccc3C)nc2n1.O=c1cc(CN2CCCC2)nc2nc(-c3cccs3)[nH]n12.O=c1cc(CNc2ccc(Cl)cc2)nc2nc(-c3cccs3)[nH]n12. The molecule has 1 aliphatic rings. The van der Waals surface area contributed by atoms with E-state index in [-0.39, 0.29) is 33.2 Å². The highest BCUT2D eigenvalue weighted by molar-refractivity contribution is 7.14. The van der Waals surface area contributed by atoms with Crippen LogP contribution in [0, 0.1) is 13.8 Å². The van der Waals surface area contributed by atoms with Crippen molar-refractivity contribution in [3.8, 4) is 66.4 Å². The van der Waals surface area contributed by atoms with Crippen LogP contribution in [0.2, 0.25) is 10.0 Å². The third kappa shape index (κ3) is 21.0. The number of hydrogen-bond donors (Lipinski definition) is 9. The van der Waals surface area contributed by atoms with Crippen LogP contribution in [0.15, 0.2) is 246 Å². The Balaban J connectivity index is 0.000000117. The molecule has 0 amide bonds. The van der Waals surface area contributed by atoms with Crippen molar-refractivity contribution in [3.63, 3.8) is 0 Å². The summed E-state index contributed by atoms with van der Waals surface area (Å²) in [4.78, 5) is 112. The number of nitrogens with zero attached hydrogens (tertiary/aromatic N) is 16. The van der Waals surface area contributed by atoms with Crippen LogP contribution in [0.25, 0.3) is 83.8 Å². The minimum Gasteiger partial charge on any atom is -0.497 e. The van der Waals surface area contributed by atoms with Gasteiger partial charge in [-0.2, -0.15) is 47.5 Å². The van der Waals surface area contributed by atoms with Gasteiger partial charge in [0.25, 0.3) is 56.7 Å². The lowest BCUT2D eigenvalue weighted by atomic mass is 9.87. The van der Waals surface area contributed by atoms with Crippen LogP contribution in [0.1, 0.15) is 78.8 Å². The molecule has 0 spiro atoms. The van der Waals surface area contributed by atoms with Crippen molar-refractivity contribution in [2.75, 3.05) is 48.6 Å². The van der Waals surface area contributed by atoms with E-state index in [0.717, 1.165) is 90.7 Å². The predicted octanol–water partition coefficient (Wildman–Crippen LogP) is 15.9. The molecule has 0 atom stereocenters. The highest BCUT2D eigenvalue weighted by Crippen LogP contribution is 2.31. The highest BCUT2D eigenvalue weighted by Gasteiger charge is 2.21. The van der Waals surface area contributed by atoms with Crippen molar-refractivity contribution < 1.29 is 9.47 Å². The van der Waals surface area contributed by atoms with Crippen molar-refractivity contribution >= 4 is 109 Å². The lowest BCUT2D eigenvalue weighted by Gasteiger charge is -2.18. The van der Waals surface area contributed by atoms with E-state index in [1.54, 1.807) is 84.6 Å². The molecule has 1 fully saturated rings. The van der Waals surface area contributed by atoms with Crippen LogP contribution in [0.5, 0.6) is 11.5 Å². The van der Waals surface area contributed by atoms with Gasteiger partial charge in [-0.15, -0.1) is 34.0 Å². The maximum absolute atomic E-state index is 12.6. The predicted molar refractivity (Wildman–Crippen MR) is 500 cm³/mol. The summed E-state index contributed by atoms with van der Waals surface area (Å²) in [5.74, 6) is 6.46. The summed E-state index contributed by atoms with van der Waals surface area (Å²) in [6, 6.07) is 63.6. The molecule has 1 aliphatic heterocycles. The minimum atomic E-state index is -0.232. The summed E-state index contributed by atoms with van der Waals surface area (Å²) < 4.78 is 17.4. The quantitative estimate of drug-likeness (QED) is 0.0323. The smallest absolute Gasteiger partial charge is 0.274 e. The van der Waals surface area contributed by atoms with Gasteiger partial charge in [-0.1, -0.05) is 135 Å². The zero-order chi connectivity index (χ0) is 88.2. The standard InChI is InChI=1S/C23H24ClN5O2.C20H19N5O.C17H15N5O2S.C16H12ClN5OS.C14H15N5OS/c1-23(2,3)15-7-5-14(6-8-15)21-27-22-26-17(12-20(30)29(22)28-21)13-25-18-11-16(24)9-10-19(18)31-4;1-13-7-3-5-9-16(13)19-23-20-22-15(11-18(26)25(20)24-19)12-21-17-10-6-4-8-14(17)2;1-24-13-5-2-4-11(8-13)18-10-12-9-15(23)22-17(19-12)20-16(21-22)14-6-3-7-25-14;17-10-3-5-11(6-4-10)18-9-12-8-14(23)22-16(19-12)20-15(21-22)13-2-1-7-24-13;20-12-8-10(9-18-5-1-2-6-18)15-14-16-13(17-19(12)14)11-4-3-7-21-11/h5-12,25H,13H2,1-4H3,(H,26,27,28);3-11,21H,12H2,1-2H3,(H,22,23,24);2-9,18H,10H2,1H3,(H,19,20,21);1-8,18H,9H2,(H,19,20,21);3-4,7-8H,1-2,5-6,9H2,(H,15,16,17). The second-order valence-electron chi connectivity index (χ2n) is 30.3. The average Bonchev–Trinajstić information content (AvgIpc) is 1.67. The molecule has 6 aromatic carbocycles. The number of thiophene rings is 3. The fraction of sp³-hybridized carbons (Fsp3) is 0.189. The van der Waals surface area contributed by atoms with Gasteiger partial charge in [0, 0.05) is 81.2 Å². The topological polar surface area (TPSA) is 385 Å². The Bertz CT molecular complexity index is 7370. The first kappa shape index (κ1) is 86.0. The lowest BCUT2D eigenvalue weighted by molar-refractivity contribution is 0.327. The number of nitrogens with one attached hydrogen (secondary N) is 9. The Hall–Kier alpha value is -14.5. The van der Waals surface area contributed by atoms with Crippen molar-refractivity contribution in [3.05, 3.63) is 329 Å². The first-order valence-corrected chi connectivity index (χ1v) is 43.7. The Kier molecular flexibility index (Phi) is 26.2. The molecule has 32 nitrogen and oxygen atoms in total. The van der Waals surface area contributed by atoms with E-state index in [9.17, 15) is 24.0 Å². The van der Waals surface area contributed by atoms with Gasteiger partial charge in [0.2, 0.25) is 0 Å². The molecule has 14 heterocycles. The van der Waals surface area contributed by atoms with E-state index < -0.39 is 0 Å². The van der Waals surface area contributed by atoms with Gasteiger partial charge in [0.1, 0.15) is 11.5 Å². The Morgan fingerprint density at radius 3 is 1.28 bits per heavy atom. The summed E-state index contributed by atoms with van der Waals surface area (Å²) in [7, 11) is 3.21. The molecular formula is C90H85Cl2N25O7S3. The van der Waals surface area contributed by atoms with E-state index >= 15 is 0 Å². The van der Waals surface area contributed by atoms with Crippen LogP contribution in [-0.4, -0.2) is 130 Å². The first-order chi connectivity index (χ1) is 61.6. The van der Waals surface area contributed by atoms with Gasteiger partial charge in [-0.05, 0) is 157 Å². The molecule has 127 heavy (non-hydrogen) atoms. The molecule has 0 radical (unpaired) electrons. The summed E-state index contributed by atoms with van der Waals surface area (Å²) in [6.45, 7) is 15.1. The lowest BCUT2D eigenvalue weighted by Crippen LogP contribution is -2.22. The summed E-state index contributed by atoms with van der Waals surface area (Å²) in [5.41, 5.74) is 11.3. The van der Waals surface area contributed by atoms with E-state index in [1.807, 2.05) is 163 Å². The van der Waals surface area contributed by atoms with E-state index in [0.29, 0.717) is 123 Å². The maximum Gasteiger partial charge on any atom is 0.274 e. The van der Waals surface area contributed by atoms with Crippen LogP contribution in [0.4, 0.5) is 22.7 Å². The fourth-order valence-corrected chi connectivity index (χ4v) is 16.0. The van der Waals surface area contributed by atoms with Gasteiger partial charge in [-0.25, -0.2) is 24.9 Å². The number of benzene rings is 6. The largest absolute Gasteiger partial charge is 0.497 e. The van der Waals surface area contributed by atoms with Gasteiger partial charge >= 0.3 is 0 Å². The zero-order valence-corrected chi connectivity index (χ0v) is 73.7. The second kappa shape index (κ2) is 38.7. The molecule has 20 rings (SSSR count). The molecule has 0 bridgehead atoms. The van der Waals surface area contributed by atoms with Crippen molar-refractivity contribution in [1.29, 1.82) is 0 Å². The number of aromatic nitrogens is 20. The molecular weight excluding hydrogens is 1710 g/mol. The van der Waals surface area contributed by atoms with Crippen molar-refractivity contribution in [2.24, 2.45) is 0 Å². The third-order valence-corrected chi connectivity index (χ3v) is 23.4. The summed E-state index contributed by atoms with van der Waals surface area (Å²) in [5, 5.41) is 35.2. The number of hydrogen-bond acceptors (Lipinski definition) is 25. The number of rotatable bonds is 21. The number of aromatic amines is 5. The molecule has 0 unspecified atom stereocenters. The summed E-state index contributed by atoms with van der Waals surface area (Å²) in [6.07, 6.45) is 2.46. The maximum atomic E-state index is 12.6. The number of likely N-dealkylation sites (tertiary alicyclic amines) is 1. The van der Waals surface area contributed by atoms with Crippen molar-refractivity contribution in [2.45, 2.75) is 85.6 Å². The number of ether oxygens (including phenoxy) is 2. The van der Waals surface area contributed by atoms with E-state index in [2.05, 4.69) is 134 Å². The van der Waals surface area contributed by atoms with Crippen LogP contribution in [0.3, 0.4) is 0 Å². The fourth-order valence-electron chi connectivity index (χ4n) is 13.7. The first-order valence-electron chi connectivity index (χ1n) is 40.3. The van der Waals surface area contributed by atoms with E-state index in [4.69, 9.17) is 32.7 Å². The van der Waals surface area contributed by atoms with Gasteiger partial charge < -0.3 is 30.7 Å². The second-order valence-corrected chi connectivity index (χ2v) is 34.1. The molecule has 37 heteroatoms. The number of H-pyrrole nitrogens is 5. The molecule has 9 N–H and O–H groups in total. The zero-order valence-electron chi connectivity index (χ0n) is 69.7. The van der Waals surface area contributed by atoms with Crippen LogP contribution >= 0.6 is 57.2 Å². The normalized spacial score (nSPS) is 12.0. The molecule has 644 valence electrons. The van der Waals surface area contributed by atoms with Crippen molar-refractivity contribution in [1.82, 2.24) is 103 Å². The Morgan fingerprint density at radius 1 is 0.386 bits per heavy atom. The summed E-state index contributed by atoms with van der Waals surface area (Å²) >= 11 is 16.6. The monoisotopic (exact) mass is 1790 g/mol.